The minimum Gasteiger partial charge on any atom is -0.388 e. The predicted molar refractivity (Wildman–Crippen MR) is 56.2 cm³/mol. The summed E-state index contributed by atoms with van der Waals surface area (Å²) in [4.78, 5) is 3.46. The highest BCUT2D eigenvalue weighted by Crippen LogP contribution is 2.32. The van der Waals surface area contributed by atoms with Crippen LogP contribution in [0.3, 0.4) is 0 Å². The topological polar surface area (TPSA) is 24.9 Å². The molecule has 6 heteroatoms. The maximum atomic E-state index is 13.0. The van der Waals surface area contributed by atoms with Gasteiger partial charge < -0.3 is 5.32 Å². The van der Waals surface area contributed by atoms with Crippen molar-refractivity contribution in [2.75, 3.05) is 12.4 Å². The van der Waals surface area contributed by atoms with Gasteiger partial charge in [-0.05, 0) is 24.3 Å². The highest BCUT2D eigenvalue weighted by Gasteiger charge is 2.33. The van der Waals surface area contributed by atoms with E-state index in [9.17, 15) is 17.6 Å². The minimum absolute atomic E-state index is 0.102. The molecule has 2 nitrogen and oxygen atoms in total. The average Bonchev–Trinajstić information content (AvgIpc) is 2.26. The van der Waals surface area contributed by atoms with Crippen LogP contribution in [0.1, 0.15) is 5.69 Å². The number of rotatable bonds is 1. The number of anilines is 1. The van der Waals surface area contributed by atoms with E-state index >= 15 is 0 Å². The molecule has 0 radical (unpaired) electrons. The first-order valence-electron chi connectivity index (χ1n) is 4.77. The summed E-state index contributed by atoms with van der Waals surface area (Å²) in [5.41, 5.74) is -0.701. The Morgan fingerprint density at radius 2 is 1.88 bits per heavy atom. The molecular weight excluding hydrogens is 236 g/mol. The lowest BCUT2D eigenvalue weighted by molar-refractivity contribution is -0.140. The second-order valence-corrected chi connectivity index (χ2v) is 3.46. The molecule has 1 aromatic carbocycles. The zero-order valence-electron chi connectivity index (χ0n) is 8.77. The Morgan fingerprint density at radius 3 is 2.47 bits per heavy atom. The van der Waals surface area contributed by atoms with Crippen LogP contribution in [-0.2, 0) is 6.18 Å². The largest absolute Gasteiger partial charge is 0.433 e. The summed E-state index contributed by atoms with van der Waals surface area (Å²) in [7, 11) is 1.47. The van der Waals surface area contributed by atoms with Gasteiger partial charge in [-0.2, -0.15) is 13.2 Å². The van der Waals surface area contributed by atoms with Crippen molar-refractivity contribution in [1.29, 1.82) is 0 Å². The number of nitrogens with zero attached hydrogens (tertiary/aromatic N) is 1. The third-order valence-corrected chi connectivity index (χ3v) is 2.33. The Labute approximate surface area is 94.3 Å². The molecule has 1 heterocycles. The first-order valence-corrected chi connectivity index (χ1v) is 4.77. The number of benzene rings is 1. The molecule has 0 saturated carbocycles. The van der Waals surface area contributed by atoms with Gasteiger partial charge in [-0.25, -0.2) is 9.37 Å². The lowest BCUT2D eigenvalue weighted by Gasteiger charge is -2.11. The number of hydrogen-bond acceptors (Lipinski definition) is 2. The summed E-state index contributed by atoms with van der Waals surface area (Å²) in [5.74, 6) is -0.518. The normalized spacial score (nSPS) is 11.8. The quantitative estimate of drug-likeness (QED) is 0.777. The minimum atomic E-state index is -4.52. The Hall–Kier alpha value is -1.85. The Balaban J connectivity index is 2.75. The van der Waals surface area contributed by atoms with Gasteiger partial charge in [0.25, 0.3) is 0 Å². The van der Waals surface area contributed by atoms with Crippen LogP contribution in [0.15, 0.2) is 24.3 Å². The Bertz CT molecular complexity index is 563. The van der Waals surface area contributed by atoms with Crippen LogP contribution in [0, 0.1) is 5.82 Å². The molecule has 0 unspecified atom stereocenters. The van der Waals surface area contributed by atoms with Gasteiger partial charge in [0, 0.05) is 18.1 Å². The molecule has 90 valence electrons. The van der Waals surface area contributed by atoms with E-state index in [0.717, 1.165) is 18.2 Å². The molecule has 0 spiro atoms. The number of aromatic nitrogens is 1. The van der Waals surface area contributed by atoms with Crippen molar-refractivity contribution >= 4 is 16.6 Å². The molecular formula is C11H8F4N2. The molecule has 0 aliphatic heterocycles. The molecule has 1 aromatic heterocycles. The zero-order chi connectivity index (χ0) is 12.6. The fourth-order valence-corrected chi connectivity index (χ4v) is 1.55. The van der Waals surface area contributed by atoms with E-state index in [1.807, 2.05) is 0 Å². The number of fused-ring (bicyclic) bond motifs is 1. The van der Waals surface area contributed by atoms with Crippen molar-refractivity contribution in [3.63, 3.8) is 0 Å². The molecule has 2 aromatic rings. The third kappa shape index (κ3) is 2.15. The van der Waals surface area contributed by atoms with Gasteiger partial charge in [0.1, 0.15) is 11.5 Å². The van der Waals surface area contributed by atoms with Crippen LogP contribution in [0.25, 0.3) is 10.9 Å². The summed E-state index contributed by atoms with van der Waals surface area (Å²) < 4.78 is 50.7. The summed E-state index contributed by atoms with van der Waals surface area (Å²) in [6.07, 6.45) is -4.52. The van der Waals surface area contributed by atoms with E-state index in [4.69, 9.17) is 0 Å². The smallest absolute Gasteiger partial charge is 0.388 e. The molecule has 0 fully saturated rings. The standard InChI is InChI=1S/C11H8F4N2/c1-16-9-5-10(11(13,14)15)17-8-3-2-6(12)4-7(8)9/h2-5H,1H3,(H,16,17). The first kappa shape index (κ1) is 11.6. The van der Waals surface area contributed by atoms with Gasteiger partial charge in [0.2, 0.25) is 0 Å². The van der Waals surface area contributed by atoms with E-state index in [1.54, 1.807) is 0 Å². The number of halogens is 4. The summed E-state index contributed by atoms with van der Waals surface area (Å²) in [5, 5.41) is 2.92. The van der Waals surface area contributed by atoms with Crippen molar-refractivity contribution < 1.29 is 17.6 Å². The summed E-state index contributed by atoms with van der Waals surface area (Å²) >= 11 is 0. The molecule has 0 saturated heterocycles. The van der Waals surface area contributed by atoms with Crippen LogP contribution in [0.4, 0.5) is 23.2 Å². The number of pyridine rings is 1. The molecule has 17 heavy (non-hydrogen) atoms. The maximum Gasteiger partial charge on any atom is 0.433 e. The van der Waals surface area contributed by atoms with E-state index < -0.39 is 17.7 Å². The second-order valence-electron chi connectivity index (χ2n) is 3.46. The molecule has 0 bridgehead atoms. The number of nitrogens with one attached hydrogen (secondary N) is 1. The van der Waals surface area contributed by atoms with Crippen molar-refractivity contribution in [2.24, 2.45) is 0 Å². The van der Waals surface area contributed by atoms with Crippen LogP contribution in [0.5, 0.6) is 0 Å². The van der Waals surface area contributed by atoms with E-state index in [2.05, 4.69) is 10.3 Å². The van der Waals surface area contributed by atoms with Gasteiger partial charge >= 0.3 is 6.18 Å². The predicted octanol–water partition coefficient (Wildman–Crippen LogP) is 3.43. The first-order chi connectivity index (χ1) is 7.91. The van der Waals surface area contributed by atoms with Crippen LogP contribution < -0.4 is 5.32 Å². The van der Waals surface area contributed by atoms with E-state index in [0.29, 0.717) is 5.39 Å². The van der Waals surface area contributed by atoms with E-state index in [-0.39, 0.29) is 11.2 Å². The average molecular weight is 244 g/mol. The number of hydrogen-bond donors (Lipinski definition) is 1. The SMILES string of the molecule is CNc1cc(C(F)(F)F)nc2ccc(F)cc12. The van der Waals surface area contributed by atoms with Crippen LogP contribution in [-0.4, -0.2) is 12.0 Å². The summed E-state index contributed by atoms with van der Waals surface area (Å²) in [6.45, 7) is 0. The molecule has 2 rings (SSSR count). The van der Waals surface area contributed by atoms with E-state index in [1.165, 1.54) is 13.1 Å². The molecule has 0 aliphatic carbocycles. The van der Waals surface area contributed by atoms with Crippen molar-refractivity contribution in [3.8, 4) is 0 Å². The highest BCUT2D eigenvalue weighted by atomic mass is 19.4. The Morgan fingerprint density at radius 1 is 1.18 bits per heavy atom. The zero-order valence-corrected chi connectivity index (χ0v) is 8.77. The van der Waals surface area contributed by atoms with Gasteiger partial charge in [-0.1, -0.05) is 0 Å². The molecule has 0 aliphatic rings. The molecule has 1 N–H and O–H groups in total. The monoisotopic (exact) mass is 244 g/mol. The van der Waals surface area contributed by atoms with Gasteiger partial charge in [0.15, 0.2) is 0 Å². The fourth-order valence-electron chi connectivity index (χ4n) is 1.55. The highest BCUT2D eigenvalue weighted by molar-refractivity contribution is 5.91. The fraction of sp³-hybridized carbons (Fsp3) is 0.182. The molecule has 0 atom stereocenters. The van der Waals surface area contributed by atoms with Gasteiger partial charge in [-0.3, -0.25) is 0 Å². The van der Waals surface area contributed by atoms with Crippen LogP contribution in [0.2, 0.25) is 0 Å². The second kappa shape index (κ2) is 3.87. The third-order valence-electron chi connectivity index (χ3n) is 2.33. The summed E-state index contributed by atoms with van der Waals surface area (Å²) in [6, 6.07) is 4.31. The lowest BCUT2D eigenvalue weighted by atomic mass is 10.1. The Kier molecular flexibility index (Phi) is 2.65. The van der Waals surface area contributed by atoms with Crippen LogP contribution >= 0.6 is 0 Å². The van der Waals surface area contributed by atoms with Gasteiger partial charge in [0.05, 0.1) is 5.52 Å². The van der Waals surface area contributed by atoms with Crippen molar-refractivity contribution in [1.82, 2.24) is 4.98 Å². The molecule has 0 amide bonds. The van der Waals surface area contributed by atoms with Crippen molar-refractivity contribution in [2.45, 2.75) is 6.18 Å². The number of alkyl halides is 3. The lowest BCUT2D eigenvalue weighted by Crippen LogP contribution is -2.09. The maximum absolute atomic E-state index is 13.0. The van der Waals surface area contributed by atoms with Gasteiger partial charge in [-0.15, -0.1) is 0 Å². The van der Waals surface area contributed by atoms with Crippen molar-refractivity contribution in [3.05, 3.63) is 35.8 Å².